The number of carbonyl (C=O) groups excluding carboxylic acids is 1. The fraction of sp³-hybridized carbons (Fsp3) is 0.318. The average molecular weight is 391 g/mol. The molecule has 1 fully saturated rings. The highest BCUT2D eigenvalue weighted by Gasteiger charge is 2.24. The fourth-order valence-corrected chi connectivity index (χ4v) is 3.67. The molecule has 29 heavy (non-hydrogen) atoms. The van der Waals surface area contributed by atoms with Crippen LogP contribution in [0.5, 0.6) is 0 Å². The summed E-state index contributed by atoms with van der Waals surface area (Å²) in [5.41, 5.74) is 3.42. The summed E-state index contributed by atoms with van der Waals surface area (Å²) in [6.45, 7) is 8.74. The summed E-state index contributed by atoms with van der Waals surface area (Å²) in [6, 6.07) is 11.7. The number of anilines is 3. The Hall–Kier alpha value is -3.35. The molecule has 1 aliphatic heterocycles. The number of rotatable bonds is 4. The Kier molecular flexibility index (Phi) is 5.20. The van der Waals surface area contributed by atoms with Gasteiger partial charge < -0.3 is 19.5 Å². The van der Waals surface area contributed by atoms with Crippen LogP contribution in [0.2, 0.25) is 0 Å². The predicted octanol–water partition coefficient (Wildman–Crippen LogP) is 3.70. The Morgan fingerprint density at radius 3 is 2.38 bits per heavy atom. The first-order valence-electron chi connectivity index (χ1n) is 9.77. The van der Waals surface area contributed by atoms with Gasteiger partial charge in [0.2, 0.25) is 0 Å². The summed E-state index contributed by atoms with van der Waals surface area (Å²) in [6.07, 6.45) is 1.53. The zero-order valence-corrected chi connectivity index (χ0v) is 17.0. The van der Waals surface area contributed by atoms with Crippen molar-refractivity contribution >= 4 is 23.2 Å². The smallest absolute Gasteiger partial charge is 0.289 e. The number of carbonyl (C=O) groups is 1. The molecule has 0 aliphatic carbocycles. The second-order valence-corrected chi connectivity index (χ2v) is 7.42. The molecule has 0 unspecified atom stereocenters. The molecule has 2 aromatic heterocycles. The Bertz CT molecular complexity index is 988. The van der Waals surface area contributed by atoms with Gasteiger partial charge in [0.05, 0.1) is 6.26 Å². The van der Waals surface area contributed by atoms with Crippen molar-refractivity contribution in [3.63, 3.8) is 0 Å². The lowest BCUT2D eigenvalue weighted by atomic mass is 10.1. The zero-order valence-electron chi connectivity index (χ0n) is 17.0. The number of furan rings is 1. The van der Waals surface area contributed by atoms with E-state index in [-0.39, 0.29) is 5.91 Å². The average Bonchev–Trinajstić information content (AvgIpc) is 3.21. The van der Waals surface area contributed by atoms with Crippen molar-refractivity contribution in [1.29, 1.82) is 0 Å². The SMILES string of the molecule is Cc1cc(C)cc(Nc2cc(N3CCN(C(=O)c4ccco4)CC3)nc(C)n2)c1. The summed E-state index contributed by atoms with van der Waals surface area (Å²) >= 11 is 0. The van der Waals surface area contributed by atoms with E-state index in [0.717, 1.165) is 17.3 Å². The van der Waals surface area contributed by atoms with Gasteiger partial charge in [0.25, 0.3) is 5.91 Å². The third-order valence-corrected chi connectivity index (χ3v) is 4.94. The molecular formula is C22H25N5O2. The van der Waals surface area contributed by atoms with E-state index >= 15 is 0 Å². The van der Waals surface area contributed by atoms with Crippen LogP contribution < -0.4 is 10.2 Å². The Morgan fingerprint density at radius 2 is 1.72 bits per heavy atom. The highest BCUT2D eigenvalue weighted by Crippen LogP contribution is 2.23. The van der Waals surface area contributed by atoms with E-state index in [4.69, 9.17) is 4.42 Å². The molecule has 7 heteroatoms. The zero-order chi connectivity index (χ0) is 20.4. The van der Waals surface area contributed by atoms with Crippen LogP contribution in [0.4, 0.5) is 17.3 Å². The predicted molar refractivity (Wildman–Crippen MR) is 113 cm³/mol. The van der Waals surface area contributed by atoms with Gasteiger partial charge in [-0.25, -0.2) is 9.97 Å². The van der Waals surface area contributed by atoms with E-state index in [2.05, 4.69) is 52.2 Å². The van der Waals surface area contributed by atoms with Crippen LogP contribution in [0.25, 0.3) is 0 Å². The first-order valence-corrected chi connectivity index (χ1v) is 9.77. The van der Waals surface area contributed by atoms with Crippen molar-refractivity contribution in [2.24, 2.45) is 0 Å². The van der Waals surface area contributed by atoms with Gasteiger partial charge in [-0.2, -0.15) is 0 Å². The van der Waals surface area contributed by atoms with E-state index in [1.165, 1.54) is 17.4 Å². The molecule has 3 heterocycles. The standard InChI is InChI=1S/C22H25N5O2/c1-15-11-16(2)13-18(12-15)25-20-14-21(24-17(3)23-20)26-6-8-27(9-7-26)22(28)19-5-4-10-29-19/h4-5,10-14H,6-9H2,1-3H3,(H,23,24,25). The maximum absolute atomic E-state index is 12.4. The molecule has 1 amide bonds. The lowest BCUT2D eigenvalue weighted by Crippen LogP contribution is -2.49. The third kappa shape index (κ3) is 4.39. The van der Waals surface area contributed by atoms with Gasteiger partial charge in [0.1, 0.15) is 17.5 Å². The number of nitrogens with one attached hydrogen (secondary N) is 1. The van der Waals surface area contributed by atoms with E-state index in [1.807, 2.05) is 17.9 Å². The topological polar surface area (TPSA) is 74.5 Å². The van der Waals surface area contributed by atoms with Crippen molar-refractivity contribution in [1.82, 2.24) is 14.9 Å². The maximum Gasteiger partial charge on any atom is 0.289 e. The third-order valence-electron chi connectivity index (χ3n) is 4.94. The second-order valence-electron chi connectivity index (χ2n) is 7.42. The molecule has 3 aromatic rings. The molecule has 0 atom stereocenters. The van der Waals surface area contributed by atoms with Gasteiger partial charge in [0.15, 0.2) is 5.76 Å². The van der Waals surface area contributed by atoms with Crippen LogP contribution in [0.15, 0.2) is 47.1 Å². The number of hydrogen-bond donors (Lipinski definition) is 1. The first kappa shape index (κ1) is 19.0. The van der Waals surface area contributed by atoms with E-state index in [9.17, 15) is 4.79 Å². The van der Waals surface area contributed by atoms with Crippen molar-refractivity contribution < 1.29 is 9.21 Å². The van der Waals surface area contributed by atoms with E-state index in [1.54, 1.807) is 12.1 Å². The molecular weight excluding hydrogens is 366 g/mol. The quantitative estimate of drug-likeness (QED) is 0.731. The molecule has 0 spiro atoms. The minimum atomic E-state index is -0.0642. The number of amides is 1. The van der Waals surface area contributed by atoms with Crippen LogP contribution in [0, 0.1) is 20.8 Å². The van der Waals surface area contributed by atoms with Gasteiger partial charge in [0, 0.05) is 37.9 Å². The molecule has 1 aliphatic rings. The number of piperazine rings is 1. The monoisotopic (exact) mass is 391 g/mol. The summed E-state index contributed by atoms with van der Waals surface area (Å²) < 4.78 is 5.23. The van der Waals surface area contributed by atoms with Crippen LogP contribution >= 0.6 is 0 Å². The molecule has 0 bridgehead atoms. The summed E-state index contributed by atoms with van der Waals surface area (Å²) in [7, 11) is 0. The number of nitrogens with zero attached hydrogens (tertiary/aromatic N) is 4. The largest absolute Gasteiger partial charge is 0.459 e. The summed E-state index contributed by atoms with van der Waals surface area (Å²) in [5.74, 6) is 2.67. The van der Waals surface area contributed by atoms with Gasteiger partial charge in [-0.05, 0) is 56.2 Å². The normalized spacial score (nSPS) is 14.2. The fourth-order valence-electron chi connectivity index (χ4n) is 3.67. The first-order chi connectivity index (χ1) is 14.0. The molecule has 0 saturated carbocycles. The lowest BCUT2D eigenvalue weighted by molar-refractivity contribution is 0.0714. The summed E-state index contributed by atoms with van der Waals surface area (Å²) in [4.78, 5) is 25.6. The molecule has 4 rings (SSSR count). The molecule has 1 N–H and O–H groups in total. The Labute approximate surface area is 170 Å². The van der Waals surface area contributed by atoms with Crippen molar-refractivity contribution in [3.05, 3.63) is 65.4 Å². The number of aryl methyl sites for hydroxylation is 3. The summed E-state index contributed by atoms with van der Waals surface area (Å²) in [5, 5.41) is 3.40. The van der Waals surface area contributed by atoms with E-state index in [0.29, 0.717) is 37.8 Å². The van der Waals surface area contributed by atoms with Crippen LogP contribution in [-0.2, 0) is 0 Å². The minimum absolute atomic E-state index is 0.0642. The Balaban J connectivity index is 1.46. The number of benzene rings is 1. The molecule has 0 radical (unpaired) electrons. The molecule has 1 aromatic carbocycles. The molecule has 7 nitrogen and oxygen atoms in total. The highest BCUT2D eigenvalue weighted by molar-refractivity contribution is 5.91. The van der Waals surface area contributed by atoms with Crippen molar-refractivity contribution in [3.8, 4) is 0 Å². The Morgan fingerprint density at radius 1 is 1.00 bits per heavy atom. The van der Waals surface area contributed by atoms with Crippen LogP contribution in [-0.4, -0.2) is 47.0 Å². The van der Waals surface area contributed by atoms with Crippen LogP contribution in [0.1, 0.15) is 27.5 Å². The van der Waals surface area contributed by atoms with Crippen LogP contribution in [0.3, 0.4) is 0 Å². The van der Waals surface area contributed by atoms with Gasteiger partial charge in [-0.3, -0.25) is 4.79 Å². The van der Waals surface area contributed by atoms with Gasteiger partial charge >= 0.3 is 0 Å². The highest BCUT2D eigenvalue weighted by atomic mass is 16.3. The molecule has 1 saturated heterocycles. The minimum Gasteiger partial charge on any atom is -0.459 e. The molecule has 150 valence electrons. The van der Waals surface area contributed by atoms with Crippen molar-refractivity contribution in [2.75, 3.05) is 36.4 Å². The van der Waals surface area contributed by atoms with Gasteiger partial charge in [-0.1, -0.05) is 6.07 Å². The lowest BCUT2D eigenvalue weighted by Gasteiger charge is -2.35. The number of hydrogen-bond acceptors (Lipinski definition) is 6. The number of aromatic nitrogens is 2. The second kappa shape index (κ2) is 7.95. The van der Waals surface area contributed by atoms with Crippen molar-refractivity contribution in [2.45, 2.75) is 20.8 Å². The van der Waals surface area contributed by atoms with E-state index < -0.39 is 0 Å². The maximum atomic E-state index is 12.4. The van der Waals surface area contributed by atoms with Gasteiger partial charge in [-0.15, -0.1) is 0 Å².